The third kappa shape index (κ3) is 5.67. The smallest absolute Gasteiger partial charge is 0.162 e. The van der Waals surface area contributed by atoms with Gasteiger partial charge in [0.1, 0.15) is 22.4 Å². The van der Waals surface area contributed by atoms with Gasteiger partial charge in [-0.2, -0.15) is 0 Å². The van der Waals surface area contributed by atoms with Gasteiger partial charge >= 0.3 is 0 Å². The molecule has 5 heteroatoms. The predicted molar refractivity (Wildman–Crippen MR) is 245 cm³/mol. The van der Waals surface area contributed by atoms with Crippen LogP contribution >= 0.6 is 0 Å². The molecule has 0 fully saturated rings. The number of benzene rings is 8. The van der Waals surface area contributed by atoms with Crippen molar-refractivity contribution in [2.45, 2.75) is 0 Å². The Hall–Kier alpha value is -8.15. The van der Waals surface area contributed by atoms with Crippen molar-refractivity contribution in [2.24, 2.45) is 0 Å². The molecule has 12 rings (SSSR count). The van der Waals surface area contributed by atoms with E-state index in [2.05, 4.69) is 146 Å². The van der Waals surface area contributed by atoms with Crippen molar-refractivity contribution < 1.29 is 8.83 Å². The summed E-state index contributed by atoms with van der Waals surface area (Å²) in [4.78, 5) is 15.7. The fourth-order valence-corrected chi connectivity index (χ4v) is 8.63. The Bertz CT molecular complexity index is 3610. The van der Waals surface area contributed by atoms with E-state index in [9.17, 15) is 0 Å². The van der Waals surface area contributed by atoms with Crippen molar-refractivity contribution in [2.75, 3.05) is 0 Å². The van der Waals surface area contributed by atoms with Gasteiger partial charge in [0.25, 0.3) is 0 Å². The van der Waals surface area contributed by atoms with Crippen LogP contribution in [0, 0.1) is 0 Å². The normalized spacial score (nSPS) is 11.7. The molecule has 0 amide bonds. The van der Waals surface area contributed by atoms with Gasteiger partial charge in [0.2, 0.25) is 0 Å². The Kier molecular flexibility index (Phi) is 7.78. The largest absolute Gasteiger partial charge is 0.456 e. The molecule has 0 atom stereocenters. The lowest BCUT2D eigenvalue weighted by molar-refractivity contribution is 0.668. The molecule has 0 unspecified atom stereocenters. The zero-order chi connectivity index (χ0) is 39.6. The van der Waals surface area contributed by atoms with Gasteiger partial charge in [-0.15, -0.1) is 0 Å². The van der Waals surface area contributed by atoms with Crippen molar-refractivity contribution in [1.29, 1.82) is 0 Å². The van der Waals surface area contributed by atoms with E-state index >= 15 is 0 Å². The van der Waals surface area contributed by atoms with Gasteiger partial charge in [-0.1, -0.05) is 146 Å². The number of nitrogens with zero attached hydrogens (tertiary/aromatic N) is 3. The molecule has 0 saturated carbocycles. The highest BCUT2D eigenvalue weighted by Crippen LogP contribution is 2.44. The van der Waals surface area contributed by atoms with Gasteiger partial charge in [0.05, 0.1) is 16.9 Å². The number of hydrogen-bond donors (Lipinski definition) is 0. The molecule has 280 valence electrons. The highest BCUT2D eigenvalue weighted by Gasteiger charge is 2.21. The van der Waals surface area contributed by atoms with Crippen LogP contribution in [0.5, 0.6) is 0 Å². The van der Waals surface area contributed by atoms with Crippen molar-refractivity contribution in [3.8, 4) is 67.4 Å². The zero-order valence-corrected chi connectivity index (χ0v) is 32.2. The topological polar surface area (TPSA) is 65.0 Å². The molecule has 0 bridgehead atoms. The summed E-state index contributed by atoms with van der Waals surface area (Å²) in [5, 5.41) is 5.30. The minimum absolute atomic E-state index is 0.651. The number of aromatic nitrogens is 3. The summed E-state index contributed by atoms with van der Waals surface area (Å²) in [6.07, 6.45) is 0. The van der Waals surface area contributed by atoms with E-state index in [1.807, 2.05) is 54.6 Å². The summed E-state index contributed by atoms with van der Waals surface area (Å²) in [5.74, 6) is 0.651. The molecule has 5 nitrogen and oxygen atoms in total. The number of para-hydroxylation sites is 2. The minimum Gasteiger partial charge on any atom is -0.456 e. The summed E-state index contributed by atoms with van der Waals surface area (Å²) in [5.41, 5.74) is 15.0. The number of hydrogen-bond acceptors (Lipinski definition) is 5. The first-order valence-electron chi connectivity index (χ1n) is 20.1. The summed E-state index contributed by atoms with van der Waals surface area (Å²) < 4.78 is 13.0. The lowest BCUT2D eigenvalue weighted by atomic mass is 9.93. The first kappa shape index (κ1) is 33.9. The predicted octanol–water partition coefficient (Wildman–Crippen LogP) is 14.8. The molecule has 0 radical (unpaired) electrons. The molecule has 0 aliphatic heterocycles. The van der Waals surface area contributed by atoms with Crippen molar-refractivity contribution >= 4 is 54.8 Å². The maximum absolute atomic E-state index is 6.79. The molecule has 0 saturated heterocycles. The van der Waals surface area contributed by atoms with Crippen LogP contribution in [0.15, 0.2) is 209 Å². The van der Waals surface area contributed by atoms with E-state index < -0.39 is 0 Å². The summed E-state index contributed by atoms with van der Waals surface area (Å²) in [7, 11) is 0. The molecule has 0 N–H and O–H groups in total. The summed E-state index contributed by atoms with van der Waals surface area (Å²) in [6, 6.07) is 69.1. The Morgan fingerprint density at radius 1 is 0.317 bits per heavy atom. The Morgan fingerprint density at radius 2 is 0.900 bits per heavy atom. The summed E-state index contributed by atoms with van der Waals surface area (Å²) >= 11 is 0. The van der Waals surface area contributed by atoms with E-state index in [1.54, 1.807) is 0 Å². The van der Waals surface area contributed by atoms with Gasteiger partial charge in [0, 0.05) is 49.2 Å². The van der Waals surface area contributed by atoms with Gasteiger partial charge in [-0.05, 0) is 76.9 Å². The monoisotopic (exact) mass is 767 g/mol. The molecule has 60 heavy (non-hydrogen) atoms. The zero-order valence-electron chi connectivity index (χ0n) is 32.2. The number of furan rings is 2. The summed E-state index contributed by atoms with van der Waals surface area (Å²) in [6.45, 7) is 0. The second-order valence-electron chi connectivity index (χ2n) is 15.1. The van der Waals surface area contributed by atoms with Crippen LogP contribution in [-0.4, -0.2) is 15.0 Å². The van der Waals surface area contributed by atoms with Gasteiger partial charge < -0.3 is 8.83 Å². The highest BCUT2D eigenvalue weighted by atomic mass is 16.3. The number of fused-ring (bicyclic) bond motifs is 8. The maximum Gasteiger partial charge on any atom is 0.162 e. The lowest BCUT2D eigenvalue weighted by Gasteiger charge is -2.13. The van der Waals surface area contributed by atoms with Crippen molar-refractivity contribution in [3.05, 3.63) is 200 Å². The fraction of sp³-hybridized carbons (Fsp3) is 0. The second kappa shape index (κ2) is 13.8. The maximum atomic E-state index is 6.79. The van der Waals surface area contributed by atoms with Crippen LogP contribution in [0.3, 0.4) is 0 Å². The molecule has 4 aromatic heterocycles. The van der Waals surface area contributed by atoms with Crippen LogP contribution in [0.2, 0.25) is 0 Å². The van der Waals surface area contributed by atoms with Crippen LogP contribution in [0.4, 0.5) is 0 Å². The molecular formula is C55H33N3O2. The Morgan fingerprint density at radius 3 is 1.70 bits per heavy atom. The van der Waals surface area contributed by atoms with Crippen molar-refractivity contribution in [1.82, 2.24) is 15.0 Å². The van der Waals surface area contributed by atoms with E-state index in [1.165, 1.54) is 11.1 Å². The van der Waals surface area contributed by atoms with E-state index in [0.29, 0.717) is 5.82 Å². The standard InChI is InChI=1S/C55H33N3O2/c1-3-14-34(15-4-1)36-18-11-19-37(30-36)41-24-13-25-45-51(41)52-43-23-8-10-27-49(43)60-54(52)53(56-45)40-21-12-20-38(31-40)46-33-47(58-55(57-46)35-16-5-2-6-17-35)39-28-29-50-44(32-39)42-22-7-9-26-48(42)59-50/h1-33H. The first-order valence-corrected chi connectivity index (χ1v) is 20.1. The number of pyridine rings is 1. The third-order valence-corrected chi connectivity index (χ3v) is 11.5. The lowest BCUT2D eigenvalue weighted by Crippen LogP contribution is -1.96. The SMILES string of the molecule is c1ccc(-c2cccc(-c3cccc4nc(-c5cccc(-c6cc(-c7ccc8oc9ccccc9c8c7)nc(-c7ccccc7)n6)c5)c5oc6ccccc6c5c34)c2)cc1. The van der Waals surface area contributed by atoms with Gasteiger partial charge in [0.15, 0.2) is 11.4 Å². The molecule has 4 heterocycles. The van der Waals surface area contributed by atoms with Crippen LogP contribution in [-0.2, 0) is 0 Å². The average Bonchev–Trinajstić information content (AvgIpc) is 3.90. The second-order valence-corrected chi connectivity index (χ2v) is 15.1. The van der Waals surface area contributed by atoms with Gasteiger partial charge in [-0.3, -0.25) is 0 Å². The van der Waals surface area contributed by atoms with Crippen LogP contribution < -0.4 is 0 Å². The molecule has 0 spiro atoms. The highest BCUT2D eigenvalue weighted by molar-refractivity contribution is 6.24. The quantitative estimate of drug-likeness (QED) is 0.169. The van der Waals surface area contributed by atoms with E-state index in [4.69, 9.17) is 23.8 Å². The van der Waals surface area contributed by atoms with Crippen molar-refractivity contribution in [3.63, 3.8) is 0 Å². The van der Waals surface area contributed by atoms with Gasteiger partial charge in [-0.25, -0.2) is 15.0 Å². The third-order valence-electron chi connectivity index (χ3n) is 11.5. The molecule has 0 aliphatic carbocycles. The average molecular weight is 768 g/mol. The molecule has 12 aromatic rings. The van der Waals surface area contributed by atoms with E-state index in [-0.39, 0.29) is 0 Å². The van der Waals surface area contributed by atoms with E-state index in [0.717, 1.165) is 105 Å². The fourth-order valence-electron chi connectivity index (χ4n) is 8.63. The van der Waals surface area contributed by atoms with Crippen LogP contribution in [0.1, 0.15) is 0 Å². The minimum atomic E-state index is 0.651. The Labute approximate surface area is 344 Å². The number of rotatable bonds is 6. The Balaban J connectivity index is 1.04. The molecule has 0 aliphatic rings. The molecule has 8 aromatic carbocycles. The van der Waals surface area contributed by atoms with Crippen LogP contribution in [0.25, 0.3) is 122 Å². The first-order chi connectivity index (χ1) is 29.7. The molecular weight excluding hydrogens is 735 g/mol.